The molecule has 1 aliphatic carbocycles. The molecule has 0 aromatic heterocycles. The van der Waals surface area contributed by atoms with E-state index < -0.39 is 10.1 Å². The Balaban J connectivity index is 2.36. The van der Waals surface area contributed by atoms with Crippen molar-refractivity contribution in [1.82, 2.24) is 0 Å². The molecule has 11 heavy (non-hydrogen) atoms. The molecule has 3 nitrogen and oxygen atoms in total. The van der Waals surface area contributed by atoms with Crippen molar-refractivity contribution >= 4 is 10.1 Å². The maximum Gasteiger partial charge on any atom is 0.265 e. The van der Waals surface area contributed by atoms with Crippen molar-refractivity contribution in [3.05, 3.63) is 6.42 Å². The summed E-state index contributed by atoms with van der Waals surface area (Å²) >= 11 is 0. The summed E-state index contributed by atoms with van der Waals surface area (Å²) in [6.07, 6.45) is 6.00. The first kappa shape index (κ1) is 9.00. The lowest BCUT2D eigenvalue weighted by atomic mass is 9.91. The van der Waals surface area contributed by atoms with Crippen LogP contribution in [-0.4, -0.2) is 18.7 Å². The first-order valence-electron chi connectivity index (χ1n) is 3.85. The summed E-state index contributed by atoms with van der Waals surface area (Å²) in [5.74, 6) is 0.0856. The lowest BCUT2D eigenvalue weighted by molar-refractivity contribution is 0.419. The Hall–Kier alpha value is -0.0900. The van der Waals surface area contributed by atoms with E-state index in [1.165, 1.54) is 0 Å². The topological polar surface area (TPSA) is 54.4 Å². The van der Waals surface area contributed by atoms with Gasteiger partial charge in [-0.15, -0.1) is 0 Å². The van der Waals surface area contributed by atoms with Crippen molar-refractivity contribution < 1.29 is 13.0 Å². The first-order chi connectivity index (χ1) is 5.08. The van der Waals surface area contributed by atoms with E-state index in [1.54, 1.807) is 0 Å². The van der Waals surface area contributed by atoms with Crippen LogP contribution in [0, 0.1) is 12.3 Å². The van der Waals surface area contributed by atoms with Crippen LogP contribution in [-0.2, 0) is 10.1 Å². The zero-order valence-corrected chi connectivity index (χ0v) is 7.18. The quantitative estimate of drug-likeness (QED) is 0.646. The van der Waals surface area contributed by atoms with Crippen molar-refractivity contribution in [1.29, 1.82) is 0 Å². The molecule has 4 heteroatoms. The number of hydrogen-bond donors (Lipinski definition) is 1. The van der Waals surface area contributed by atoms with Crippen molar-refractivity contribution in [2.75, 3.05) is 5.75 Å². The highest BCUT2D eigenvalue weighted by Gasteiger charge is 2.19. The third kappa shape index (κ3) is 3.72. The Morgan fingerprint density at radius 1 is 1.55 bits per heavy atom. The summed E-state index contributed by atoms with van der Waals surface area (Å²) in [5, 5.41) is 0. The smallest absolute Gasteiger partial charge is 0.265 e. The van der Waals surface area contributed by atoms with Gasteiger partial charge in [0.1, 0.15) is 0 Å². The van der Waals surface area contributed by atoms with Crippen LogP contribution in [0.3, 0.4) is 0 Å². The standard InChI is InChI=1S/C7H13O3S/c8-11(9,10)6-7-4-2-1-3-5-7/h2,7H,1,3-6H2,(H,8,9,10). The van der Waals surface area contributed by atoms with Crippen LogP contribution in [0.25, 0.3) is 0 Å². The zero-order valence-electron chi connectivity index (χ0n) is 6.36. The zero-order chi connectivity index (χ0) is 8.32. The molecule has 0 aliphatic heterocycles. The van der Waals surface area contributed by atoms with E-state index in [2.05, 4.69) is 6.42 Å². The summed E-state index contributed by atoms with van der Waals surface area (Å²) in [6, 6.07) is 0. The molecule has 1 saturated carbocycles. The van der Waals surface area contributed by atoms with E-state index in [1.807, 2.05) is 0 Å². The lowest BCUT2D eigenvalue weighted by Crippen LogP contribution is -2.17. The second-order valence-corrected chi connectivity index (χ2v) is 4.57. The second-order valence-electron chi connectivity index (χ2n) is 3.07. The summed E-state index contributed by atoms with van der Waals surface area (Å²) in [4.78, 5) is 0. The predicted octanol–water partition coefficient (Wildman–Crippen LogP) is 1.27. The van der Waals surface area contributed by atoms with Gasteiger partial charge in [-0.05, 0) is 25.2 Å². The van der Waals surface area contributed by atoms with Gasteiger partial charge >= 0.3 is 0 Å². The third-order valence-electron chi connectivity index (χ3n) is 1.97. The van der Waals surface area contributed by atoms with Gasteiger partial charge in [0.05, 0.1) is 5.75 Å². The molecular weight excluding hydrogens is 164 g/mol. The minimum Gasteiger partial charge on any atom is -0.286 e. The van der Waals surface area contributed by atoms with Crippen LogP contribution in [0.2, 0.25) is 0 Å². The van der Waals surface area contributed by atoms with E-state index in [-0.39, 0.29) is 11.7 Å². The second kappa shape index (κ2) is 3.54. The monoisotopic (exact) mass is 177 g/mol. The fourth-order valence-electron chi connectivity index (χ4n) is 1.47. The lowest BCUT2D eigenvalue weighted by Gasteiger charge is -2.19. The van der Waals surface area contributed by atoms with Crippen LogP contribution in [0.15, 0.2) is 0 Å². The molecule has 0 aromatic rings. The molecule has 0 aromatic carbocycles. The molecular formula is C7H13O3S. The van der Waals surface area contributed by atoms with Gasteiger partial charge in [0.15, 0.2) is 0 Å². The average molecular weight is 177 g/mol. The Morgan fingerprint density at radius 2 is 2.27 bits per heavy atom. The third-order valence-corrected chi connectivity index (χ3v) is 2.86. The van der Waals surface area contributed by atoms with Gasteiger partial charge in [-0.25, -0.2) is 0 Å². The minimum absolute atomic E-state index is 0.0660. The highest BCUT2D eigenvalue weighted by molar-refractivity contribution is 7.85. The Bertz CT molecular complexity index is 202. The summed E-state index contributed by atoms with van der Waals surface area (Å²) in [6.45, 7) is 0. The first-order valence-corrected chi connectivity index (χ1v) is 5.45. The van der Waals surface area contributed by atoms with Crippen molar-refractivity contribution in [2.24, 2.45) is 5.92 Å². The van der Waals surface area contributed by atoms with E-state index >= 15 is 0 Å². The molecule has 1 unspecified atom stereocenters. The fraction of sp³-hybridized carbons (Fsp3) is 0.857. The molecule has 1 atom stereocenters. The van der Waals surface area contributed by atoms with Crippen molar-refractivity contribution in [3.63, 3.8) is 0 Å². The van der Waals surface area contributed by atoms with Gasteiger partial charge in [-0.3, -0.25) is 4.55 Å². The average Bonchev–Trinajstić information content (AvgIpc) is 1.85. The Morgan fingerprint density at radius 3 is 2.73 bits per heavy atom. The molecule has 1 radical (unpaired) electrons. The van der Waals surface area contributed by atoms with Gasteiger partial charge in [0, 0.05) is 0 Å². The Labute approximate surface area is 67.6 Å². The van der Waals surface area contributed by atoms with Gasteiger partial charge < -0.3 is 0 Å². The summed E-state index contributed by atoms with van der Waals surface area (Å²) in [7, 11) is -3.74. The molecule has 1 aliphatic rings. The highest BCUT2D eigenvalue weighted by atomic mass is 32.2. The van der Waals surface area contributed by atoms with Crippen molar-refractivity contribution in [3.8, 4) is 0 Å². The Kier molecular flexibility index (Phi) is 2.90. The van der Waals surface area contributed by atoms with E-state index in [0.29, 0.717) is 0 Å². The van der Waals surface area contributed by atoms with Crippen LogP contribution in [0.5, 0.6) is 0 Å². The number of hydrogen-bond acceptors (Lipinski definition) is 2. The molecule has 0 bridgehead atoms. The van der Waals surface area contributed by atoms with Crippen LogP contribution in [0.4, 0.5) is 0 Å². The minimum atomic E-state index is -3.74. The van der Waals surface area contributed by atoms with Crippen molar-refractivity contribution in [2.45, 2.75) is 25.7 Å². The molecule has 0 saturated heterocycles. The summed E-state index contributed by atoms with van der Waals surface area (Å²) < 4.78 is 29.4. The molecule has 65 valence electrons. The molecule has 1 rings (SSSR count). The maximum atomic E-state index is 10.4. The number of rotatable bonds is 2. The van der Waals surface area contributed by atoms with Gasteiger partial charge in [-0.2, -0.15) is 8.42 Å². The highest BCUT2D eigenvalue weighted by Crippen LogP contribution is 2.23. The SMILES string of the molecule is O=S(=O)(O)CC1C[CH]CCC1. The largest absolute Gasteiger partial charge is 0.286 e. The van der Waals surface area contributed by atoms with Crippen LogP contribution < -0.4 is 0 Å². The maximum absolute atomic E-state index is 10.4. The van der Waals surface area contributed by atoms with Gasteiger partial charge in [-0.1, -0.05) is 12.8 Å². The molecule has 0 spiro atoms. The molecule has 0 heterocycles. The molecule has 1 N–H and O–H groups in total. The van der Waals surface area contributed by atoms with E-state index in [4.69, 9.17) is 4.55 Å². The fourth-order valence-corrected chi connectivity index (χ4v) is 2.37. The molecule has 0 amide bonds. The predicted molar refractivity (Wildman–Crippen MR) is 42.7 cm³/mol. The molecule has 1 fully saturated rings. The van der Waals surface area contributed by atoms with Crippen LogP contribution >= 0.6 is 0 Å². The van der Waals surface area contributed by atoms with Gasteiger partial charge in [0.25, 0.3) is 10.1 Å². The van der Waals surface area contributed by atoms with Crippen LogP contribution in [0.1, 0.15) is 25.7 Å². The summed E-state index contributed by atoms with van der Waals surface area (Å²) in [5.41, 5.74) is 0. The van der Waals surface area contributed by atoms with E-state index in [9.17, 15) is 8.42 Å². The van der Waals surface area contributed by atoms with E-state index in [0.717, 1.165) is 25.7 Å². The van der Waals surface area contributed by atoms with Gasteiger partial charge in [0.2, 0.25) is 0 Å². The normalized spacial score (nSPS) is 21.9.